The first-order valence-electron chi connectivity index (χ1n) is 11.7. The van der Waals surface area contributed by atoms with Crippen molar-refractivity contribution in [3.8, 4) is 0 Å². The van der Waals surface area contributed by atoms with E-state index in [2.05, 4.69) is 4.98 Å². The molecule has 0 aromatic carbocycles. The molecule has 194 valence electrons. The van der Waals surface area contributed by atoms with Crippen molar-refractivity contribution in [1.82, 2.24) is 14.8 Å². The fourth-order valence-corrected chi connectivity index (χ4v) is 6.50. The molecule has 0 aliphatic carbocycles. The van der Waals surface area contributed by atoms with Gasteiger partial charge in [-0.25, -0.2) is 4.79 Å². The van der Waals surface area contributed by atoms with Crippen LogP contribution >= 0.6 is 22.9 Å². The van der Waals surface area contributed by atoms with E-state index < -0.39 is 53.2 Å². The summed E-state index contributed by atoms with van der Waals surface area (Å²) in [6.45, 7) is 2.14. The molecule has 0 spiro atoms. The molecule has 1 unspecified atom stereocenters. The highest BCUT2D eigenvalue weighted by Crippen LogP contribution is 2.38. The Hall–Kier alpha value is -2.66. The van der Waals surface area contributed by atoms with E-state index in [1.807, 2.05) is 6.92 Å². The van der Waals surface area contributed by atoms with Crippen LogP contribution in [0, 0.1) is 5.92 Å². The molecule has 2 aliphatic rings. The van der Waals surface area contributed by atoms with Gasteiger partial charge in [-0.15, -0.1) is 11.3 Å². The number of fused-ring (bicyclic) bond motifs is 1. The van der Waals surface area contributed by atoms with Crippen molar-refractivity contribution in [2.45, 2.75) is 63.8 Å². The predicted octanol–water partition coefficient (Wildman–Crippen LogP) is 4.87. The summed E-state index contributed by atoms with van der Waals surface area (Å²) in [5.74, 6) is -3.17. The zero-order valence-corrected chi connectivity index (χ0v) is 21.0. The van der Waals surface area contributed by atoms with Crippen LogP contribution in [0.2, 0.25) is 4.34 Å². The van der Waals surface area contributed by atoms with Crippen LogP contribution in [0.5, 0.6) is 0 Å². The Kier molecular flexibility index (Phi) is 7.61. The van der Waals surface area contributed by atoms with Gasteiger partial charge in [0.1, 0.15) is 11.7 Å². The average Bonchev–Trinajstić information content (AvgIpc) is 3.21. The third-order valence-electron chi connectivity index (χ3n) is 6.80. The number of halogens is 4. The average molecular weight is 544 g/mol. The molecule has 2 aromatic rings. The van der Waals surface area contributed by atoms with Crippen molar-refractivity contribution in [2.24, 2.45) is 5.92 Å². The van der Waals surface area contributed by atoms with Crippen molar-refractivity contribution in [3.63, 3.8) is 0 Å². The number of thiophene rings is 1. The smallest absolute Gasteiger partial charge is 0.418 e. The quantitative estimate of drug-likeness (QED) is 0.581. The summed E-state index contributed by atoms with van der Waals surface area (Å²) in [4.78, 5) is 46.4. The number of amides is 2. The van der Waals surface area contributed by atoms with Crippen LogP contribution in [-0.4, -0.2) is 56.3 Å². The van der Waals surface area contributed by atoms with Crippen LogP contribution in [-0.2, 0) is 28.7 Å². The van der Waals surface area contributed by atoms with Gasteiger partial charge in [0.25, 0.3) is 5.91 Å². The van der Waals surface area contributed by atoms with Crippen LogP contribution in [0.25, 0.3) is 0 Å². The first kappa shape index (κ1) is 26.4. The van der Waals surface area contributed by atoms with Crippen molar-refractivity contribution in [1.29, 1.82) is 0 Å². The Morgan fingerprint density at radius 3 is 2.69 bits per heavy atom. The predicted molar refractivity (Wildman–Crippen MR) is 127 cm³/mol. The SMILES string of the molecule is CCC[C@@H]1[C@H](C(=O)N2Cc3sc(Cl)cc3CC2C(=O)O)CCCN1C(=O)c1ncccc1C(F)(F)F. The maximum atomic E-state index is 13.8. The summed E-state index contributed by atoms with van der Waals surface area (Å²) in [7, 11) is 0. The number of likely N-dealkylation sites (tertiary alicyclic amines) is 1. The first-order valence-corrected chi connectivity index (χ1v) is 12.9. The number of carboxylic acid groups (broad SMARTS) is 1. The van der Waals surface area contributed by atoms with Crippen LogP contribution in [0.4, 0.5) is 13.2 Å². The normalized spacial score (nSPS) is 22.3. The highest BCUT2D eigenvalue weighted by molar-refractivity contribution is 7.16. The minimum absolute atomic E-state index is 0.0876. The molecule has 7 nitrogen and oxygen atoms in total. The monoisotopic (exact) mass is 543 g/mol. The Morgan fingerprint density at radius 2 is 2.03 bits per heavy atom. The number of carboxylic acids is 1. The largest absolute Gasteiger partial charge is 0.480 e. The molecule has 0 bridgehead atoms. The number of carbonyl (C=O) groups is 3. The number of hydrogen-bond donors (Lipinski definition) is 1. The van der Waals surface area contributed by atoms with E-state index in [1.54, 1.807) is 6.07 Å². The minimum Gasteiger partial charge on any atom is -0.480 e. The van der Waals surface area contributed by atoms with Crippen LogP contribution < -0.4 is 0 Å². The second-order valence-corrected chi connectivity index (χ2v) is 10.8. The third-order valence-corrected chi connectivity index (χ3v) is 8.09. The molecule has 1 fully saturated rings. The standard InChI is InChI=1S/C24H25ClF3N3O4S/c1-2-5-16-14(21(32)31-12-18-13(11-19(25)36-18)10-17(31)23(34)35)6-4-9-30(16)22(33)20-15(24(26,27)28)7-3-8-29-20/h3,7-8,11,14,16-17H,2,4-6,9-10,12H2,1H3,(H,34,35)/t14-,16-,17?/m1/s1. The maximum absolute atomic E-state index is 13.8. The first-order chi connectivity index (χ1) is 17.0. The van der Waals surface area contributed by atoms with E-state index in [4.69, 9.17) is 11.6 Å². The second kappa shape index (κ2) is 10.4. The Labute approximate surface area is 214 Å². The summed E-state index contributed by atoms with van der Waals surface area (Å²) in [6, 6.07) is 1.90. The van der Waals surface area contributed by atoms with Crippen LogP contribution in [0.3, 0.4) is 0 Å². The second-order valence-electron chi connectivity index (χ2n) is 9.02. The molecule has 36 heavy (non-hydrogen) atoms. The summed E-state index contributed by atoms with van der Waals surface area (Å²) < 4.78 is 41.2. The molecule has 2 aromatic heterocycles. The van der Waals surface area contributed by atoms with Crippen molar-refractivity contribution in [3.05, 3.63) is 50.4 Å². The molecule has 2 aliphatic heterocycles. The van der Waals surface area contributed by atoms with Crippen molar-refractivity contribution < 1.29 is 32.7 Å². The molecule has 4 heterocycles. The number of aliphatic carboxylic acids is 1. The molecule has 2 amide bonds. The maximum Gasteiger partial charge on any atom is 0.418 e. The molecule has 1 N–H and O–H groups in total. The van der Waals surface area contributed by atoms with Crippen LogP contribution in [0.1, 0.15) is 59.1 Å². The van der Waals surface area contributed by atoms with Gasteiger partial charge in [-0.05, 0) is 43.0 Å². The van der Waals surface area contributed by atoms with Gasteiger partial charge in [0.05, 0.1) is 22.4 Å². The van der Waals surface area contributed by atoms with Gasteiger partial charge in [-0.3, -0.25) is 14.6 Å². The zero-order valence-electron chi connectivity index (χ0n) is 19.4. The molecular formula is C24H25ClF3N3O4S. The van der Waals surface area contributed by atoms with Gasteiger partial charge in [0.15, 0.2) is 0 Å². The van der Waals surface area contributed by atoms with Gasteiger partial charge >= 0.3 is 12.1 Å². The zero-order chi connectivity index (χ0) is 26.2. The molecule has 12 heteroatoms. The third kappa shape index (κ3) is 5.08. The van der Waals surface area contributed by atoms with E-state index in [9.17, 15) is 32.7 Å². The topological polar surface area (TPSA) is 90.8 Å². The van der Waals surface area contributed by atoms with Gasteiger partial charge in [-0.2, -0.15) is 13.2 Å². The lowest BCUT2D eigenvalue weighted by atomic mass is 9.84. The number of pyridine rings is 1. The van der Waals surface area contributed by atoms with Crippen molar-refractivity contribution in [2.75, 3.05) is 6.54 Å². The van der Waals surface area contributed by atoms with Gasteiger partial charge in [0.2, 0.25) is 5.91 Å². The molecule has 0 radical (unpaired) electrons. The summed E-state index contributed by atoms with van der Waals surface area (Å²) >= 11 is 7.40. The fraction of sp³-hybridized carbons (Fsp3) is 0.500. The lowest BCUT2D eigenvalue weighted by Crippen LogP contribution is -2.57. The highest BCUT2D eigenvalue weighted by atomic mass is 35.5. The Morgan fingerprint density at radius 1 is 1.28 bits per heavy atom. The number of alkyl halides is 3. The lowest BCUT2D eigenvalue weighted by Gasteiger charge is -2.44. The number of aromatic nitrogens is 1. The number of piperidine rings is 1. The highest BCUT2D eigenvalue weighted by Gasteiger charge is 2.45. The van der Waals surface area contributed by atoms with Gasteiger partial charge in [0, 0.05) is 30.1 Å². The van der Waals surface area contributed by atoms with E-state index in [0.29, 0.717) is 30.0 Å². The van der Waals surface area contributed by atoms with E-state index in [0.717, 1.165) is 28.8 Å². The molecular weight excluding hydrogens is 519 g/mol. The minimum atomic E-state index is -4.76. The number of hydrogen-bond acceptors (Lipinski definition) is 5. The van der Waals surface area contributed by atoms with Gasteiger partial charge < -0.3 is 14.9 Å². The Bertz CT molecular complexity index is 1170. The number of carbonyl (C=O) groups excluding carboxylic acids is 2. The van der Waals surface area contributed by atoms with Crippen LogP contribution in [0.15, 0.2) is 24.4 Å². The van der Waals surface area contributed by atoms with E-state index >= 15 is 0 Å². The molecule has 4 rings (SSSR count). The molecule has 0 saturated carbocycles. The number of nitrogens with zero attached hydrogens (tertiary/aromatic N) is 3. The summed E-state index contributed by atoms with van der Waals surface area (Å²) in [5, 5.41) is 9.85. The van der Waals surface area contributed by atoms with Gasteiger partial charge in [-0.1, -0.05) is 24.9 Å². The van der Waals surface area contributed by atoms with E-state index in [-0.39, 0.29) is 19.5 Å². The number of rotatable bonds is 5. The lowest BCUT2D eigenvalue weighted by molar-refractivity contribution is -0.155. The molecule has 1 saturated heterocycles. The summed E-state index contributed by atoms with van der Waals surface area (Å²) in [6.07, 6.45) is -1.72. The molecule has 3 atom stereocenters. The Balaban J connectivity index is 1.65. The fourth-order valence-electron chi connectivity index (χ4n) is 5.18. The van der Waals surface area contributed by atoms with Crippen molar-refractivity contribution >= 4 is 40.7 Å². The van der Waals surface area contributed by atoms with E-state index in [1.165, 1.54) is 21.1 Å². The summed E-state index contributed by atoms with van der Waals surface area (Å²) in [5.41, 5.74) is -1.02.